The fourth-order valence-corrected chi connectivity index (χ4v) is 5.87. The van der Waals surface area contributed by atoms with Gasteiger partial charge in [-0.15, -0.1) is 0 Å². The average molecular weight is 355 g/mol. The second-order valence-corrected chi connectivity index (χ2v) is 8.82. The molecule has 0 aliphatic heterocycles. The highest BCUT2D eigenvalue weighted by Crippen LogP contribution is 2.63. The molecule has 0 bridgehead atoms. The van der Waals surface area contributed by atoms with Gasteiger partial charge in [-0.3, -0.25) is 0 Å². The van der Waals surface area contributed by atoms with E-state index in [0.717, 1.165) is 16.7 Å². The molecule has 0 spiro atoms. The molecule has 1 aliphatic rings. The van der Waals surface area contributed by atoms with Crippen LogP contribution in [0.4, 0.5) is 0 Å². The maximum absolute atomic E-state index is 13.2. The number of methoxy groups -OCH3 is 1. The molecule has 5 heteroatoms. The summed E-state index contributed by atoms with van der Waals surface area (Å²) >= 11 is 0. The summed E-state index contributed by atoms with van der Waals surface area (Å²) in [5.41, 5.74) is 1.91. The van der Waals surface area contributed by atoms with Gasteiger partial charge in [0, 0.05) is 13.0 Å². The Labute approximate surface area is 149 Å². The summed E-state index contributed by atoms with van der Waals surface area (Å²) in [5.74, 6) is -0.385. The Morgan fingerprint density at radius 1 is 1.04 bits per heavy atom. The van der Waals surface area contributed by atoms with E-state index in [2.05, 4.69) is 6.07 Å². The third kappa shape index (κ3) is 2.86. The monoisotopic (exact) mass is 355 g/mol. The molecule has 1 saturated carbocycles. The average Bonchev–Trinajstić information content (AvgIpc) is 3.26. The summed E-state index contributed by atoms with van der Waals surface area (Å²) in [6.45, 7) is 3.98. The van der Waals surface area contributed by atoms with E-state index in [1.165, 1.54) is 7.11 Å². The van der Waals surface area contributed by atoms with E-state index in [-0.39, 0.29) is 17.4 Å². The van der Waals surface area contributed by atoms with Gasteiger partial charge in [-0.25, -0.2) is 8.42 Å². The topological polar surface area (TPSA) is 67.2 Å². The molecule has 25 heavy (non-hydrogen) atoms. The molecule has 0 amide bonds. The van der Waals surface area contributed by atoms with E-state index in [1.807, 2.05) is 38.1 Å². The van der Waals surface area contributed by atoms with Crippen molar-refractivity contribution in [2.75, 3.05) is 13.7 Å². The predicted octanol–water partition coefficient (Wildman–Crippen LogP) is 3.40. The first-order valence-corrected chi connectivity index (χ1v) is 9.69. The van der Waals surface area contributed by atoms with Crippen molar-refractivity contribution in [3.63, 3.8) is 0 Å². The van der Waals surface area contributed by atoms with Crippen molar-refractivity contribution in [1.82, 2.24) is 0 Å². The Bertz CT molecular complexity index is 911. The molecule has 2 aromatic carbocycles. The van der Waals surface area contributed by atoms with Crippen LogP contribution in [0.3, 0.4) is 0 Å². The second-order valence-electron chi connectivity index (χ2n) is 6.75. The molecule has 3 atom stereocenters. The lowest BCUT2D eigenvalue weighted by molar-refractivity contribution is 0.162. The molecule has 1 aliphatic carbocycles. The van der Waals surface area contributed by atoms with Crippen LogP contribution in [0.1, 0.15) is 22.6 Å². The highest BCUT2D eigenvalue weighted by Gasteiger charge is 2.72. The Morgan fingerprint density at radius 3 is 2.04 bits per heavy atom. The van der Waals surface area contributed by atoms with Crippen LogP contribution < -0.4 is 0 Å². The number of hydrogen-bond donors (Lipinski definition) is 0. The van der Waals surface area contributed by atoms with E-state index in [4.69, 9.17) is 4.74 Å². The first-order valence-electron chi connectivity index (χ1n) is 8.14. The minimum atomic E-state index is -3.63. The third-order valence-electron chi connectivity index (χ3n) is 4.97. The smallest absolute Gasteiger partial charge is 0.183 e. The standard InChI is InChI=1S/C20H21NO3S/c1-14-4-8-16(9-5-14)18-19(20(18,12-21)13-24-3)25(22,23)17-10-6-15(2)7-11-17/h4-11,18-19H,13H2,1-3H3/t18-,19+,20+/m0/s1. The van der Waals surface area contributed by atoms with Gasteiger partial charge in [-0.2, -0.15) is 5.26 Å². The zero-order chi connectivity index (χ0) is 18.2. The van der Waals surface area contributed by atoms with Crippen LogP contribution in [0, 0.1) is 30.6 Å². The highest BCUT2D eigenvalue weighted by molar-refractivity contribution is 7.92. The quantitative estimate of drug-likeness (QED) is 0.824. The van der Waals surface area contributed by atoms with Crippen LogP contribution >= 0.6 is 0 Å². The summed E-state index contributed by atoms with van der Waals surface area (Å²) in [5, 5.41) is 9.01. The van der Waals surface area contributed by atoms with Gasteiger partial charge in [0.15, 0.2) is 9.84 Å². The van der Waals surface area contributed by atoms with Crippen molar-refractivity contribution < 1.29 is 13.2 Å². The highest BCUT2D eigenvalue weighted by atomic mass is 32.2. The summed E-state index contributed by atoms with van der Waals surface area (Å²) in [4.78, 5) is 0.258. The molecule has 3 rings (SSSR count). The molecule has 2 aromatic rings. The Hall–Kier alpha value is -2.16. The van der Waals surface area contributed by atoms with Crippen LogP contribution in [-0.2, 0) is 14.6 Å². The van der Waals surface area contributed by atoms with Crippen LogP contribution in [0.2, 0.25) is 0 Å². The summed E-state index contributed by atoms with van der Waals surface area (Å²) in [6.07, 6.45) is 0. The molecule has 130 valence electrons. The van der Waals surface area contributed by atoms with Gasteiger partial charge in [-0.05, 0) is 31.5 Å². The number of ether oxygens (including phenoxy) is 1. The zero-order valence-corrected chi connectivity index (χ0v) is 15.4. The molecule has 1 fully saturated rings. The number of nitriles is 1. The molecular weight excluding hydrogens is 334 g/mol. The van der Waals surface area contributed by atoms with Crippen molar-refractivity contribution >= 4 is 9.84 Å². The van der Waals surface area contributed by atoms with Crippen LogP contribution in [0.5, 0.6) is 0 Å². The van der Waals surface area contributed by atoms with E-state index in [1.54, 1.807) is 24.3 Å². The first-order chi connectivity index (χ1) is 11.9. The predicted molar refractivity (Wildman–Crippen MR) is 96.0 cm³/mol. The van der Waals surface area contributed by atoms with Gasteiger partial charge in [0.25, 0.3) is 0 Å². The molecule has 0 N–H and O–H groups in total. The molecule has 0 heterocycles. The van der Waals surface area contributed by atoms with Crippen molar-refractivity contribution in [2.24, 2.45) is 5.41 Å². The van der Waals surface area contributed by atoms with E-state index in [9.17, 15) is 13.7 Å². The lowest BCUT2D eigenvalue weighted by atomic mass is 10.0. The van der Waals surface area contributed by atoms with Gasteiger partial charge < -0.3 is 4.74 Å². The third-order valence-corrected chi connectivity index (χ3v) is 7.26. The normalized spacial score (nSPS) is 25.4. The Kier molecular flexibility index (Phi) is 4.44. The van der Waals surface area contributed by atoms with Gasteiger partial charge in [0.1, 0.15) is 5.41 Å². The Balaban J connectivity index is 2.07. The number of hydrogen-bond acceptors (Lipinski definition) is 4. The van der Waals surface area contributed by atoms with E-state index >= 15 is 0 Å². The van der Waals surface area contributed by atoms with Gasteiger partial charge in [0.2, 0.25) is 0 Å². The second kappa shape index (κ2) is 6.29. The molecule has 4 nitrogen and oxygen atoms in total. The summed E-state index contributed by atoms with van der Waals surface area (Å²) in [6, 6.07) is 16.7. The van der Waals surface area contributed by atoms with Gasteiger partial charge in [0.05, 0.1) is 22.8 Å². The maximum Gasteiger partial charge on any atom is 0.183 e. The summed E-state index contributed by atoms with van der Waals surface area (Å²) in [7, 11) is -2.14. The van der Waals surface area contributed by atoms with Crippen molar-refractivity contribution in [1.29, 1.82) is 5.26 Å². The first kappa shape index (κ1) is 17.7. The molecule has 0 unspecified atom stereocenters. The number of benzene rings is 2. The molecule has 0 saturated heterocycles. The van der Waals surface area contributed by atoms with Gasteiger partial charge in [-0.1, -0.05) is 47.5 Å². The van der Waals surface area contributed by atoms with Gasteiger partial charge >= 0.3 is 0 Å². The number of nitrogens with zero attached hydrogens (tertiary/aromatic N) is 1. The number of sulfone groups is 1. The lowest BCUT2D eigenvalue weighted by Crippen LogP contribution is -2.19. The minimum Gasteiger partial charge on any atom is -0.383 e. The summed E-state index contributed by atoms with van der Waals surface area (Å²) < 4.78 is 31.6. The number of aryl methyl sites for hydroxylation is 2. The van der Waals surface area contributed by atoms with Crippen LogP contribution in [-0.4, -0.2) is 27.4 Å². The Morgan fingerprint density at radius 2 is 1.56 bits per heavy atom. The largest absolute Gasteiger partial charge is 0.383 e. The molecule has 0 aromatic heterocycles. The SMILES string of the molecule is COC[C@@]1(C#N)[C@H](S(=O)(=O)c2ccc(C)cc2)[C@@H]1c1ccc(C)cc1. The minimum absolute atomic E-state index is 0.0950. The van der Waals surface area contributed by atoms with Crippen LogP contribution in [0.25, 0.3) is 0 Å². The van der Waals surface area contributed by atoms with E-state index in [0.29, 0.717) is 0 Å². The maximum atomic E-state index is 13.2. The fraction of sp³-hybridized carbons (Fsp3) is 0.350. The van der Waals surface area contributed by atoms with Crippen LogP contribution in [0.15, 0.2) is 53.4 Å². The van der Waals surface area contributed by atoms with Crippen molar-refractivity contribution in [3.05, 3.63) is 65.2 Å². The van der Waals surface area contributed by atoms with E-state index < -0.39 is 20.5 Å². The molecular formula is C20H21NO3S. The van der Waals surface area contributed by atoms with Crippen molar-refractivity contribution in [3.8, 4) is 6.07 Å². The lowest BCUT2D eigenvalue weighted by Gasteiger charge is -2.08. The fourth-order valence-electron chi connectivity index (χ4n) is 3.56. The van der Waals surface area contributed by atoms with Crippen molar-refractivity contribution in [2.45, 2.75) is 29.9 Å². The molecule has 0 radical (unpaired) electrons. The number of rotatable bonds is 5. The zero-order valence-electron chi connectivity index (χ0n) is 14.6.